The number of fused-ring (bicyclic) bond motifs is 1. The summed E-state index contributed by atoms with van der Waals surface area (Å²) in [5, 5.41) is 3.97. The number of carbonyl (C=O) groups is 1. The van der Waals surface area contributed by atoms with E-state index >= 15 is 0 Å². The molecule has 4 nitrogen and oxygen atoms in total. The van der Waals surface area contributed by atoms with E-state index in [9.17, 15) is 4.79 Å². The molecule has 0 aliphatic rings. The van der Waals surface area contributed by atoms with Gasteiger partial charge in [0.2, 0.25) is 0 Å². The lowest BCUT2D eigenvalue weighted by molar-refractivity contribution is 0.101. The maximum absolute atomic E-state index is 12.6. The van der Waals surface area contributed by atoms with Crippen LogP contribution in [0.5, 0.6) is 5.75 Å². The van der Waals surface area contributed by atoms with Crippen LogP contribution in [0.1, 0.15) is 16.1 Å². The molecule has 22 heavy (non-hydrogen) atoms. The lowest BCUT2D eigenvalue weighted by atomic mass is 10.2. The third kappa shape index (κ3) is 2.44. The summed E-state index contributed by atoms with van der Waals surface area (Å²) >= 11 is 0. The first-order valence-electron chi connectivity index (χ1n) is 7.10. The van der Waals surface area contributed by atoms with Gasteiger partial charge in [0.15, 0.2) is 0 Å². The van der Waals surface area contributed by atoms with Gasteiger partial charge in [-0.15, -0.1) is 0 Å². The zero-order valence-electron chi connectivity index (χ0n) is 12.9. The number of rotatable bonds is 3. The number of nitrogens with zero attached hydrogens (tertiary/aromatic N) is 1. The van der Waals surface area contributed by atoms with Gasteiger partial charge in [-0.2, -0.15) is 0 Å². The van der Waals surface area contributed by atoms with Gasteiger partial charge in [-0.25, -0.2) is 0 Å². The minimum atomic E-state index is -0.152. The van der Waals surface area contributed by atoms with E-state index < -0.39 is 0 Å². The van der Waals surface area contributed by atoms with Crippen molar-refractivity contribution < 1.29 is 9.53 Å². The van der Waals surface area contributed by atoms with Crippen LogP contribution in [0.4, 0.5) is 5.69 Å². The average Bonchev–Trinajstić information content (AvgIpc) is 2.84. The molecule has 1 heterocycles. The summed E-state index contributed by atoms with van der Waals surface area (Å²) in [6, 6.07) is 15.4. The number of ether oxygens (including phenoxy) is 1. The highest BCUT2D eigenvalue weighted by Gasteiger charge is 2.15. The first-order valence-corrected chi connectivity index (χ1v) is 7.10. The molecule has 0 saturated carbocycles. The molecule has 0 atom stereocenters. The normalized spacial score (nSPS) is 10.7. The summed E-state index contributed by atoms with van der Waals surface area (Å²) < 4.78 is 7.17. The second-order valence-electron chi connectivity index (χ2n) is 5.31. The molecule has 1 aromatic heterocycles. The molecule has 0 aliphatic heterocycles. The van der Waals surface area contributed by atoms with E-state index in [1.54, 1.807) is 7.11 Å². The molecule has 1 amide bonds. The minimum Gasteiger partial charge on any atom is -0.495 e. The van der Waals surface area contributed by atoms with Crippen molar-refractivity contribution in [2.75, 3.05) is 12.4 Å². The number of benzene rings is 2. The van der Waals surface area contributed by atoms with Gasteiger partial charge in [-0.1, -0.05) is 23.8 Å². The summed E-state index contributed by atoms with van der Waals surface area (Å²) in [6.45, 7) is 2.04. The summed E-state index contributed by atoms with van der Waals surface area (Å²) in [5.41, 5.74) is 3.49. The Labute approximate surface area is 129 Å². The first-order chi connectivity index (χ1) is 10.6. The van der Waals surface area contributed by atoms with Crippen molar-refractivity contribution in [2.45, 2.75) is 6.92 Å². The highest BCUT2D eigenvalue weighted by molar-refractivity contribution is 6.07. The second-order valence-corrected chi connectivity index (χ2v) is 5.31. The molecule has 2 aromatic carbocycles. The molecule has 1 N–H and O–H groups in total. The van der Waals surface area contributed by atoms with Crippen molar-refractivity contribution in [1.82, 2.24) is 4.57 Å². The van der Waals surface area contributed by atoms with Crippen molar-refractivity contribution in [1.29, 1.82) is 0 Å². The zero-order valence-corrected chi connectivity index (χ0v) is 12.9. The van der Waals surface area contributed by atoms with Crippen molar-refractivity contribution in [3.8, 4) is 5.75 Å². The molecular weight excluding hydrogens is 276 g/mol. The SMILES string of the molecule is COc1ccccc1NC(=O)c1cc2cc(C)ccc2n1C. The second kappa shape index (κ2) is 5.56. The lowest BCUT2D eigenvalue weighted by Gasteiger charge is -2.10. The van der Waals surface area contributed by atoms with Crippen molar-refractivity contribution >= 4 is 22.5 Å². The molecule has 3 aromatic rings. The van der Waals surface area contributed by atoms with Crippen LogP contribution in [-0.2, 0) is 7.05 Å². The Bertz CT molecular complexity index is 849. The molecule has 0 saturated heterocycles. The Balaban J connectivity index is 1.97. The minimum absolute atomic E-state index is 0.152. The molecule has 0 fully saturated rings. The fraction of sp³-hybridized carbons (Fsp3) is 0.167. The van der Waals surface area contributed by atoms with Gasteiger partial charge in [-0.05, 0) is 37.3 Å². The number of methoxy groups -OCH3 is 1. The third-order valence-electron chi connectivity index (χ3n) is 3.79. The summed E-state index contributed by atoms with van der Waals surface area (Å²) in [6.07, 6.45) is 0. The van der Waals surface area contributed by atoms with Gasteiger partial charge in [0.25, 0.3) is 5.91 Å². The van der Waals surface area contributed by atoms with E-state index in [4.69, 9.17) is 4.74 Å². The smallest absolute Gasteiger partial charge is 0.272 e. The summed E-state index contributed by atoms with van der Waals surface area (Å²) in [5.74, 6) is 0.492. The van der Waals surface area contributed by atoms with Gasteiger partial charge < -0.3 is 14.6 Å². The number of nitrogens with one attached hydrogen (secondary N) is 1. The number of anilines is 1. The van der Waals surface area contributed by atoms with E-state index in [-0.39, 0.29) is 5.91 Å². The number of aryl methyl sites for hydroxylation is 2. The van der Waals surface area contributed by atoms with E-state index in [0.717, 1.165) is 10.9 Å². The van der Waals surface area contributed by atoms with Gasteiger partial charge in [0, 0.05) is 18.0 Å². The number of hydrogen-bond donors (Lipinski definition) is 1. The van der Waals surface area contributed by atoms with Crippen LogP contribution >= 0.6 is 0 Å². The van der Waals surface area contributed by atoms with Crippen LogP contribution in [0.15, 0.2) is 48.5 Å². The van der Waals surface area contributed by atoms with Gasteiger partial charge in [-0.3, -0.25) is 4.79 Å². The first kappa shape index (κ1) is 14.2. The monoisotopic (exact) mass is 294 g/mol. The van der Waals surface area contributed by atoms with E-state index in [1.165, 1.54) is 5.56 Å². The molecule has 4 heteroatoms. The van der Waals surface area contributed by atoms with Gasteiger partial charge >= 0.3 is 0 Å². The average molecular weight is 294 g/mol. The predicted molar refractivity (Wildman–Crippen MR) is 88.6 cm³/mol. The molecule has 0 aliphatic carbocycles. The third-order valence-corrected chi connectivity index (χ3v) is 3.79. The number of aromatic nitrogens is 1. The molecule has 0 unspecified atom stereocenters. The zero-order chi connectivity index (χ0) is 15.7. The maximum atomic E-state index is 12.6. The van der Waals surface area contributed by atoms with Crippen molar-refractivity contribution in [3.63, 3.8) is 0 Å². The Hall–Kier alpha value is -2.75. The van der Waals surface area contributed by atoms with Crippen LogP contribution in [0.2, 0.25) is 0 Å². The van der Waals surface area contributed by atoms with Crippen LogP contribution in [0.25, 0.3) is 10.9 Å². The fourth-order valence-electron chi connectivity index (χ4n) is 2.62. The van der Waals surface area contributed by atoms with Crippen LogP contribution in [0.3, 0.4) is 0 Å². The molecule has 0 radical (unpaired) electrons. The maximum Gasteiger partial charge on any atom is 0.272 e. The van der Waals surface area contributed by atoms with Crippen LogP contribution in [-0.4, -0.2) is 17.6 Å². The molecule has 0 bridgehead atoms. The van der Waals surface area contributed by atoms with Crippen molar-refractivity contribution in [3.05, 3.63) is 59.8 Å². The number of amides is 1. The van der Waals surface area contributed by atoms with Crippen LogP contribution in [0, 0.1) is 6.92 Å². The summed E-state index contributed by atoms with van der Waals surface area (Å²) in [4.78, 5) is 12.6. The fourth-order valence-corrected chi connectivity index (χ4v) is 2.62. The Kier molecular flexibility index (Phi) is 3.59. The summed E-state index contributed by atoms with van der Waals surface area (Å²) in [7, 11) is 3.49. The largest absolute Gasteiger partial charge is 0.495 e. The highest BCUT2D eigenvalue weighted by atomic mass is 16.5. The Morgan fingerprint density at radius 2 is 1.91 bits per heavy atom. The van der Waals surface area contributed by atoms with Gasteiger partial charge in [0.05, 0.1) is 12.8 Å². The van der Waals surface area contributed by atoms with Crippen molar-refractivity contribution in [2.24, 2.45) is 7.05 Å². The topological polar surface area (TPSA) is 43.3 Å². The van der Waals surface area contributed by atoms with E-state index in [0.29, 0.717) is 17.1 Å². The molecular formula is C18H18N2O2. The van der Waals surface area contributed by atoms with Gasteiger partial charge in [0.1, 0.15) is 11.4 Å². The Morgan fingerprint density at radius 1 is 1.14 bits per heavy atom. The quantitative estimate of drug-likeness (QED) is 0.799. The number of hydrogen-bond acceptors (Lipinski definition) is 2. The van der Waals surface area contributed by atoms with E-state index in [2.05, 4.69) is 11.4 Å². The molecule has 112 valence electrons. The number of carbonyl (C=O) groups excluding carboxylic acids is 1. The standard InChI is InChI=1S/C18H18N2O2/c1-12-8-9-15-13(10-12)11-16(20(15)2)18(21)19-14-6-4-5-7-17(14)22-3/h4-11H,1-3H3,(H,19,21). The molecule has 0 spiro atoms. The molecule has 3 rings (SSSR count). The predicted octanol–water partition coefficient (Wildman–Crippen LogP) is 3.75. The van der Waals surface area contributed by atoms with Crippen LogP contribution < -0.4 is 10.1 Å². The number of para-hydroxylation sites is 2. The highest BCUT2D eigenvalue weighted by Crippen LogP contribution is 2.25. The lowest BCUT2D eigenvalue weighted by Crippen LogP contribution is -2.16. The van der Waals surface area contributed by atoms with E-state index in [1.807, 2.05) is 61.0 Å². The Morgan fingerprint density at radius 3 is 2.68 bits per heavy atom.